The van der Waals surface area contributed by atoms with Crippen LogP contribution in [0.3, 0.4) is 0 Å². The quantitative estimate of drug-likeness (QED) is 0.529. The molecule has 2 aliphatic rings. The third kappa shape index (κ3) is 10.3. The Bertz CT molecular complexity index is 983. The molecule has 3 atom stereocenters. The molecule has 0 radical (unpaired) electrons. The fourth-order valence-corrected chi connectivity index (χ4v) is 3.87. The fraction of sp³-hybridized carbons (Fsp3) is 0.458. The van der Waals surface area contributed by atoms with E-state index in [9.17, 15) is 26.3 Å². The lowest BCUT2D eigenvalue weighted by Crippen LogP contribution is -2.51. The van der Waals surface area contributed by atoms with Crippen LogP contribution in [0.25, 0.3) is 0 Å². The number of morpholine rings is 1. The molecule has 8 nitrogen and oxygen atoms in total. The normalized spacial score (nSPS) is 21.3. The monoisotopic (exact) mass is 552 g/mol. The summed E-state index contributed by atoms with van der Waals surface area (Å²) in [5, 5.41) is 14.2. The summed E-state index contributed by atoms with van der Waals surface area (Å²) in [4.78, 5) is 24.4. The van der Waals surface area contributed by atoms with Crippen LogP contribution < -0.4 is 0 Å². The second kappa shape index (κ2) is 14.1. The molecule has 0 spiro atoms. The lowest BCUT2D eigenvalue weighted by atomic mass is 10.1. The number of hydrogen-bond donors (Lipinski definition) is 2. The predicted octanol–water partition coefficient (Wildman–Crippen LogP) is 4.30. The van der Waals surface area contributed by atoms with Gasteiger partial charge in [0.25, 0.3) is 0 Å². The maximum Gasteiger partial charge on any atom is 0.490 e. The van der Waals surface area contributed by atoms with E-state index in [1.807, 2.05) is 24.5 Å². The van der Waals surface area contributed by atoms with Gasteiger partial charge in [0, 0.05) is 31.5 Å². The Hall–Kier alpha value is -3.23. The van der Waals surface area contributed by atoms with Crippen LogP contribution in [-0.2, 0) is 32.2 Å². The minimum Gasteiger partial charge on any atom is -0.475 e. The molecular formula is C24H26F6N2O6. The Morgan fingerprint density at radius 1 is 0.921 bits per heavy atom. The molecule has 0 unspecified atom stereocenters. The van der Waals surface area contributed by atoms with Gasteiger partial charge in [0.1, 0.15) is 0 Å². The van der Waals surface area contributed by atoms with Crippen molar-refractivity contribution in [2.24, 2.45) is 0 Å². The first-order valence-electron chi connectivity index (χ1n) is 11.3. The number of rotatable bonds is 5. The van der Waals surface area contributed by atoms with Crippen molar-refractivity contribution in [2.45, 2.75) is 56.6 Å². The summed E-state index contributed by atoms with van der Waals surface area (Å²) in [6.07, 6.45) is -3.92. The van der Waals surface area contributed by atoms with Gasteiger partial charge in [0.2, 0.25) is 0 Å². The van der Waals surface area contributed by atoms with Crippen LogP contribution >= 0.6 is 0 Å². The molecule has 2 N–H and O–H groups in total. The van der Waals surface area contributed by atoms with Crippen molar-refractivity contribution in [2.75, 3.05) is 13.2 Å². The van der Waals surface area contributed by atoms with Gasteiger partial charge in [-0.2, -0.15) is 26.3 Å². The van der Waals surface area contributed by atoms with E-state index in [2.05, 4.69) is 40.2 Å². The van der Waals surface area contributed by atoms with Crippen LogP contribution in [0.4, 0.5) is 26.3 Å². The zero-order valence-electron chi connectivity index (χ0n) is 19.9. The van der Waals surface area contributed by atoms with Gasteiger partial charge in [-0.15, -0.1) is 0 Å². The van der Waals surface area contributed by atoms with E-state index in [-0.39, 0.29) is 12.2 Å². The average molecular weight is 552 g/mol. The maximum atomic E-state index is 10.6. The Morgan fingerprint density at radius 3 is 2.00 bits per heavy atom. The fourth-order valence-electron chi connectivity index (χ4n) is 3.87. The summed E-state index contributed by atoms with van der Waals surface area (Å²) < 4.78 is 75.7. The van der Waals surface area contributed by atoms with Crippen LogP contribution in [0.1, 0.15) is 24.0 Å². The second-order valence-corrected chi connectivity index (χ2v) is 8.25. The largest absolute Gasteiger partial charge is 0.490 e. The molecule has 210 valence electrons. The van der Waals surface area contributed by atoms with Gasteiger partial charge in [-0.3, -0.25) is 9.88 Å². The summed E-state index contributed by atoms with van der Waals surface area (Å²) in [5.41, 5.74) is 2.55. The molecule has 2 fully saturated rings. The van der Waals surface area contributed by atoms with Crippen molar-refractivity contribution in [1.29, 1.82) is 0 Å². The van der Waals surface area contributed by atoms with Crippen LogP contribution in [0, 0.1) is 0 Å². The number of aromatic nitrogens is 1. The average Bonchev–Trinajstić information content (AvgIpc) is 3.28. The highest BCUT2D eigenvalue weighted by Gasteiger charge is 2.43. The van der Waals surface area contributed by atoms with Crippen molar-refractivity contribution in [3.8, 4) is 0 Å². The number of nitrogens with zero attached hydrogens (tertiary/aromatic N) is 2. The van der Waals surface area contributed by atoms with E-state index in [1.165, 1.54) is 11.1 Å². The summed E-state index contributed by atoms with van der Waals surface area (Å²) in [6.45, 7) is 3.44. The number of carboxylic acids is 2. The minimum atomic E-state index is -5.08. The number of carboxylic acid groups (broad SMARTS) is 2. The molecule has 2 heterocycles. The van der Waals surface area contributed by atoms with Gasteiger partial charge in [0.15, 0.2) is 0 Å². The maximum absolute atomic E-state index is 10.6. The molecule has 1 aliphatic heterocycles. The third-order valence-corrected chi connectivity index (χ3v) is 5.58. The van der Waals surface area contributed by atoms with E-state index >= 15 is 0 Å². The van der Waals surface area contributed by atoms with Crippen molar-refractivity contribution in [3.63, 3.8) is 0 Å². The smallest absolute Gasteiger partial charge is 0.475 e. The van der Waals surface area contributed by atoms with Gasteiger partial charge < -0.3 is 19.7 Å². The van der Waals surface area contributed by atoms with Gasteiger partial charge in [-0.1, -0.05) is 30.3 Å². The Kier molecular flexibility index (Phi) is 11.5. The highest BCUT2D eigenvalue weighted by atomic mass is 19.4. The molecule has 1 aromatic carbocycles. The Morgan fingerprint density at radius 2 is 1.47 bits per heavy atom. The number of ether oxygens (including phenoxy) is 2. The summed E-state index contributed by atoms with van der Waals surface area (Å²) in [7, 11) is 0. The van der Waals surface area contributed by atoms with Crippen molar-refractivity contribution in [1.82, 2.24) is 9.88 Å². The van der Waals surface area contributed by atoms with E-state index in [0.717, 1.165) is 32.5 Å². The summed E-state index contributed by atoms with van der Waals surface area (Å²) in [5.74, 6) is -5.51. The molecular weight excluding hydrogens is 526 g/mol. The van der Waals surface area contributed by atoms with Gasteiger partial charge in [-0.05, 0) is 36.1 Å². The molecule has 1 aliphatic carbocycles. The van der Waals surface area contributed by atoms with E-state index < -0.39 is 24.3 Å². The molecule has 1 aromatic heterocycles. The number of halogens is 6. The lowest BCUT2D eigenvalue weighted by Gasteiger charge is -2.39. The summed E-state index contributed by atoms with van der Waals surface area (Å²) >= 11 is 0. The predicted molar refractivity (Wildman–Crippen MR) is 120 cm³/mol. The van der Waals surface area contributed by atoms with Crippen molar-refractivity contribution < 1.29 is 55.6 Å². The molecule has 1 saturated carbocycles. The first kappa shape index (κ1) is 31.0. The highest BCUT2D eigenvalue weighted by molar-refractivity contribution is 5.73. The zero-order valence-corrected chi connectivity index (χ0v) is 19.9. The van der Waals surface area contributed by atoms with Gasteiger partial charge in [-0.25, -0.2) is 9.59 Å². The Balaban J connectivity index is 0.000000301. The molecule has 1 saturated heterocycles. The molecule has 4 rings (SSSR count). The number of benzene rings is 1. The first-order chi connectivity index (χ1) is 17.8. The molecule has 2 aromatic rings. The standard InChI is InChI=1S/C20H24N2O2.2C2HF3O2/c1-2-4-16(5-3-1)14-22-12-13-23-20-18(22)6-7-19(20)24-15-17-8-10-21-11-9-17;2*3-2(4,5)1(6)7/h1-5,8-11,18-20H,6-7,12-15H2;2*(H,6,7)/t18-,19-,20+;;/m0../s1. The van der Waals surface area contributed by atoms with Gasteiger partial charge >= 0.3 is 24.3 Å². The molecule has 0 amide bonds. The van der Waals surface area contributed by atoms with Crippen LogP contribution in [0.2, 0.25) is 0 Å². The number of aliphatic carboxylic acids is 2. The number of fused-ring (bicyclic) bond motifs is 1. The highest BCUT2D eigenvalue weighted by Crippen LogP contribution is 2.33. The minimum absolute atomic E-state index is 0.196. The van der Waals surface area contributed by atoms with E-state index in [1.54, 1.807) is 0 Å². The SMILES string of the molecule is O=C(O)C(F)(F)F.O=C(O)C(F)(F)F.c1ccc(CN2CCO[C@H]3[C@@H](OCc4ccncc4)CC[C@@H]32)cc1. The summed E-state index contributed by atoms with van der Waals surface area (Å²) in [6, 6.07) is 15.2. The van der Waals surface area contributed by atoms with Crippen molar-refractivity contribution in [3.05, 3.63) is 66.0 Å². The number of carbonyl (C=O) groups is 2. The Labute approximate surface area is 213 Å². The van der Waals surface area contributed by atoms with Gasteiger partial charge in [0.05, 0.1) is 25.4 Å². The molecule has 0 bridgehead atoms. The number of alkyl halides is 6. The van der Waals surface area contributed by atoms with Crippen LogP contribution in [-0.4, -0.2) is 75.8 Å². The number of hydrogen-bond acceptors (Lipinski definition) is 6. The van der Waals surface area contributed by atoms with Crippen molar-refractivity contribution >= 4 is 11.9 Å². The first-order valence-corrected chi connectivity index (χ1v) is 11.3. The zero-order chi connectivity index (χ0) is 28.3. The number of pyridine rings is 1. The molecule has 38 heavy (non-hydrogen) atoms. The van der Waals surface area contributed by atoms with E-state index in [4.69, 9.17) is 29.3 Å². The van der Waals surface area contributed by atoms with Crippen LogP contribution in [0.15, 0.2) is 54.9 Å². The van der Waals surface area contributed by atoms with Crippen LogP contribution in [0.5, 0.6) is 0 Å². The molecule has 14 heteroatoms. The van der Waals surface area contributed by atoms with E-state index in [0.29, 0.717) is 12.6 Å². The second-order valence-electron chi connectivity index (χ2n) is 8.25. The lowest BCUT2D eigenvalue weighted by molar-refractivity contribution is -0.193. The topological polar surface area (TPSA) is 109 Å². The third-order valence-electron chi connectivity index (χ3n) is 5.58.